The van der Waals surface area contributed by atoms with Gasteiger partial charge in [-0.1, -0.05) is 6.07 Å². The van der Waals surface area contributed by atoms with E-state index >= 15 is 0 Å². The summed E-state index contributed by atoms with van der Waals surface area (Å²) in [4.78, 5) is 24.4. The second kappa shape index (κ2) is 9.30. The highest BCUT2D eigenvalue weighted by molar-refractivity contribution is 5.95. The van der Waals surface area contributed by atoms with E-state index in [2.05, 4.69) is 16.0 Å². The van der Waals surface area contributed by atoms with Gasteiger partial charge in [-0.25, -0.2) is 4.39 Å². The van der Waals surface area contributed by atoms with Crippen molar-refractivity contribution >= 4 is 22.7 Å². The van der Waals surface area contributed by atoms with E-state index in [0.717, 1.165) is 16.8 Å². The van der Waals surface area contributed by atoms with Crippen LogP contribution in [-0.2, 0) is 0 Å². The second-order valence-corrected chi connectivity index (χ2v) is 8.83. The molecule has 8 nitrogen and oxygen atoms in total. The number of methoxy groups -OCH3 is 1. The lowest BCUT2D eigenvalue weighted by atomic mass is 10.0. The Morgan fingerprint density at radius 3 is 2.75 bits per heavy atom. The number of benzene rings is 1. The molecule has 1 atom stereocenters. The molecule has 0 N–H and O–H groups in total. The number of hydrogen-bond donors (Lipinski definition) is 0. The van der Waals surface area contributed by atoms with Gasteiger partial charge < -0.3 is 19.0 Å². The first-order valence-corrected chi connectivity index (χ1v) is 11.5. The molecule has 1 aliphatic rings. The van der Waals surface area contributed by atoms with Crippen LogP contribution in [0.4, 0.5) is 10.1 Å². The maximum Gasteiger partial charge on any atom is 0.272 e. The first kappa shape index (κ1) is 23.3. The Kier molecular flexibility index (Phi) is 6.02. The van der Waals surface area contributed by atoms with Crippen molar-refractivity contribution in [1.82, 2.24) is 14.9 Å². The number of carbonyl (C=O) groups is 1. The van der Waals surface area contributed by atoms with Crippen molar-refractivity contribution in [3.8, 4) is 34.3 Å². The second-order valence-electron chi connectivity index (χ2n) is 8.83. The van der Waals surface area contributed by atoms with Crippen molar-refractivity contribution in [2.75, 3.05) is 39.2 Å². The van der Waals surface area contributed by atoms with E-state index in [9.17, 15) is 14.4 Å². The number of carbonyl (C=O) groups excluding carboxylic acids is 1. The molecule has 0 spiro atoms. The van der Waals surface area contributed by atoms with Crippen molar-refractivity contribution in [2.45, 2.75) is 12.6 Å². The van der Waals surface area contributed by atoms with Crippen molar-refractivity contribution in [2.24, 2.45) is 0 Å². The molecule has 0 saturated carbocycles. The van der Waals surface area contributed by atoms with E-state index in [4.69, 9.17) is 9.15 Å². The number of fused-ring (bicyclic) bond motifs is 1. The number of alkyl halides is 1. The number of aromatic nitrogens is 2. The molecule has 3 aromatic heterocycles. The number of amides is 1. The molecule has 1 aliphatic heterocycles. The van der Waals surface area contributed by atoms with Crippen LogP contribution in [-0.4, -0.2) is 61.2 Å². The summed E-state index contributed by atoms with van der Waals surface area (Å²) in [6.07, 6.45) is 2.82. The molecule has 1 saturated heterocycles. The maximum atomic E-state index is 13.7. The van der Waals surface area contributed by atoms with Gasteiger partial charge in [0.05, 0.1) is 23.9 Å². The van der Waals surface area contributed by atoms with Crippen LogP contribution in [0.25, 0.3) is 33.6 Å². The van der Waals surface area contributed by atoms with E-state index in [0.29, 0.717) is 53.2 Å². The van der Waals surface area contributed by atoms with Gasteiger partial charge in [0, 0.05) is 57.3 Å². The predicted molar refractivity (Wildman–Crippen MR) is 134 cm³/mol. The molecular formula is C27H24FN5O3. The molecule has 0 aliphatic carbocycles. The monoisotopic (exact) mass is 485 g/mol. The third-order valence-electron chi connectivity index (χ3n) is 6.29. The molecule has 1 aromatic carbocycles. The molecule has 0 bridgehead atoms. The number of rotatable bonds is 5. The van der Waals surface area contributed by atoms with Gasteiger partial charge in [-0.3, -0.25) is 14.8 Å². The number of nitriles is 1. The molecule has 4 aromatic rings. The average Bonchev–Trinajstić information content (AvgIpc) is 3.53. The summed E-state index contributed by atoms with van der Waals surface area (Å²) in [5.74, 6) is 0.700. The Morgan fingerprint density at radius 2 is 2.06 bits per heavy atom. The van der Waals surface area contributed by atoms with Crippen LogP contribution in [0.5, 0.6) is 5.75 Å². The lowest BCUT2D eigenvalue weighted by Gasteiger charge is -2.19. The van der Waals surface area contributed by atoms with Crippen LogP contribution in [0.3, 0.4) is 0 Å². The fraction of sp³-hybridized carbons (Fsp3) is 0.259. The summed E-state index contributed by atoms with van der Waals surface area (Å²) in [5, 5.41) is 9.78. The minimum atomic E-state index is -0.876. The van der Waals surface area contributed by atoms with Crippen LogP contribution in [0.2, 0.25) is 0 Å². The van der Waals surface area contributed by atoms with Crippen molar-refractivity contribution in [1.29, 1.82) is 5.26 Å². The molecule has 182 valence electrons. The van der Waals surface area contributed by atoms with Crippen molar-refractivity contribution in [3.05, 3.63) is 60.0 Å². The topological polar surface area (TPSA) is 95.5 Å². The van der Waals surface area contributed by atoms with E-state index in [1.807, 2.05) is 23.1 Å². The third-order valence-corrected chi connectivity index (χ3v) is 6.29. The fourth-order valence-electron chi connectivity index (χ4n) is 4.44. The number of anilines is 1. The summed E-state index contributed by atoms with van der Waals surface area (Å²) in [6, 6.07) is 13.0. The zero-order valence-corrected chi connectivity index (χ0v) is 20.2. The quantitative estimate of drug-likeness (QED) is 0.405. The lowest BCUT2D eigenvalue weighted by Crippen LogP contribution is -2.22. The molecule has 1 fully saturated rings. The normalized spacial score (nSPS) is 15.2. The van der Waals surface area contributed by atoms with Crippen LogP contribution >= 0.6 is 0 Å². The number of pyridine rings is 2. The largest absolute Gasteiger partial charge is 0.496 e. The number of halogens is 1. The number of furan rings is 1. The van der Waals surface area contributed by atoms with Gasteiger partial charge in [-0.2, -0.15) is 5.26 Å². The minimum Gasteiger partial charge on any atom is -0.496 e. The van der Waals surface area contributed by atoms with Crippen LogP contribution in [0.15, 0.2) is 53.2 Å². The van der Waals surface area contributed by atoms with Crippen molar-refractivity contribution < 1.29 is 18.3 Å². The van der Waals surface area contributed by atoms with Crippen LogP contribution in [0, 0.1) is 11.3 Å². The highest BCUT2D eigenvalue weighted by Gasteiger charge is 2.24. The third kappa shape index (κ3) is 4.11. The minimum absolute atomic E-state index is 0.235. The highest BCUT2D eigenvalue weighted by atomic mass is 19.1. The molecule has 4 heterocycles. The zero-order chi connectivity index (χ0) is 25.4. The zero-order valence-electron chi connectivity index (χ0n) is 20.2. The Morgan fingerprint density at radius 1 is 1.22 bits per heavy atom. The van der Waals surface area contributed by atoms with Gasteiger partial charge in [-0.05, 0) is 30.2 Å². The molecule has 9 heteroatoms. The molecule has 1 amide bonds. The average molecular weight is 486 g/mol. The summed E-state index contributed by atoms with van der Waals surface area (Å²) in [6.45, 7) is 0.884. The summed E-state index contributed by atoms with van der Waals surface area (Å²) < 4.78 is 25.5. The smallest absolute Gasteiger partial charge is 0.272 e. The van der Waals surface area contributed by atoms with E-state index in [-0.39, 0.29) is 11.6 Å². The maximum absolute atomic E-state index is 13.7. The molecule has 36 heavy (non-hydrogen) atoms. The van der Waals surface area contributed by atoms with Gasteiger partial charge >= 0.3 is 0 Å². The fourth-order valence-corrected chi connectivity index (χ4v) is 4.44. The molecule has 5 rings (SSSR count). The van der Waals surface area contributed by atoms with Crippen LogP contribution in [0.1, 0.15) is 22.5 Å². The highest BCUT2D eigenvalue weighted by Crippen LogP contribution is 2.38. The summed E-state index contributed by atoms with van der Waals surface area (Å²) in [5.41, 5.74) is 4.78. The first-order valence-electron chi connectivity index (χ1n) is 11.5. The Balaban J connectivity index is 1.56. The van der Waals surface area contributed by atoms with Gasteiger partial charge in [0.1, 0.15) is 35.0 Å². The summed E-state index contributed by atoms with van der Waals surface area (Å²) >= 11 is 0. The van der Waals surface area contributed by atoms with E-state index in [1.54, 1.807) is 44.7 Å². The number of hydrogen-bond acceptors (Lipinski definition) is 7. The van der Waals surface area contributed by atoms with Crippen LogP contribution < -0.4 is 9.64 Å². The van der Waals surface area contributed by atoms with Gasteiger partial charge in [0.15, 0.2) is 5.58 Å². The standard InChI is InChI=1S/C27H24FN5O3/c1-32(2)27(34)22-12-24(35-3)20(14-31-22)25-11-21-26(36-25)19(6-8-30-21)16-4-5-23(17(10-16)13-29)33-9-7-18(28)15-33/h4-6,8,10-12,14,18H,7,9,15H2,1-3H3/t18-/m0/s1. The predicted octanol–water partition coefficient (Wildman–Crippen LogP) is 4.69. The SMILES string of the molecule is COc1cc(C(=O)N(C)C)ncc1-c1cc2nccc(-c3ccc(N4CC[C@H](F)C4)c(C#N)c3)c2o1. The van der Waals surface area contributed by atoms with Gasteiger partial charge in [0.2, 0.25) is 0 Å². The first-order chi connectivity index (χ1) is 17.4. The van der Waals surface area contributed by atoms with Gasteiger partial charge in [-0.15, -0.1) is 0 Å². The van der Waals surface area contributed by atoms with Gasteiger partial charge in [0.25, 0.3) is 5.91 Å². The lowest BCUT2D eigenvalue weighted by molar-refractivity contribution is 0.0821. The Bertz CT molecular complexity index is 1510. The van der Waals surface area contributed by atoms with E-state index < -0.39 is 6.17 Å². The van der Waals surface area contributed by atoms with E-state index in [1.165, 1.54) is 12.0 Å². The molecular weight excluding hydrogens is 461 g/mol. The number of nitrogens with zero attached hydrogens (tertiary/aromatic N) is 5. The Labute approximate surface area is 207 Å². The van der Waals surface area contributed by atoms with Crippen molar-refractivity contribution in [3.63, 3.8) is 0 Å². The Hall–Kier alpha value is -4.45. The molecule has 0 radical (unpaired) electrons. The molecule has 0 unspecified atom stereocenters. The number of ether oxygens (including phenoxy) is 1. The summed E-state index contributed by atoms with van der Waals surface area (Å²) in [7, 11) is 4.83.